The highest BCUT2D eigenvalue weighted by atomic mass is 32.2. The van der Waals surface area contributed by atoms with Crippen LogP contribution in [0.1, 0.15) is 35.9 Å². The Bertz CT molecular complexity index is 986. The lowest BCUT2D eigenvalue weighted by Crippen LogP contribution is -2.40. The average Bonchev–Trinajstić information content (AvgIpc) is 3.43. The van der Waals surface area contributed by atoms with E-state index in [4.69, 9.17) is 4.42 Å². The Morgan fingerprint density at radius 1 is 1.32 bits per heavy atom. The van der Waals surface area contributed by atoms with Crippen LogP contribution in [0.25, 0.3) is 6.08 Å². The minimum atomic E-state index is -0.480. The van der Waals surface area contributed by atoms with Crippen molar-refractivity contribution in [3.05, 3.63) is 70.0 Å². The molecule has 1 unspecified atom stereocenters. The Kier molecular flexibility index (Phi) is 5.22. The molecule has 2 atom stereocenters. The molecule has 1 fully saturated rings. The molecule has 4 rings (SSSR count). The van der Waals surface area contributed by atoms with E-state index in [1.807, 2.05) is 19.1 Å². The topological polar surface area (TPSA) is 109 Å². The molecule has 10 heteroatoms. The minimum absolute atomic E-state index is 0.206. The maximum atomic E-state index is 13.3. The van der Waals surface area contributed by atoms with Gasteiger partial charge in [-0.25, -0.2) is 4.39 Å². The van der Waals surface area contributed by atoms with Gasteiger partial charge in [0.1, 0.15) is 22.8 Å². The molecule has 0 aliphatic carbocycles. The first-order valence-electron chi connectivity index (χ1n) is 8.65. The molecule has 0 spiro atoms. The van der Waals surface area contributed by atoms with Gasteiger partial charge in [0, 0.05) is 12.5 Å². The molecule has 2 aromatic heterocycles. The van der Waals surface area contributed by atoms with Gasteiger partial charge in [-0.2, -0.15) is 5.21 Å². The summed E-state index contributed by atoms with van der Waals surface area (Å²) in [5, 5.41) is 20.2. The average molecular weight is 400 g/mol. The van der Waals surface area contributed by atoms with E-state index in [0.717, 1.165) is 17.7 Å². The summed E-state index contributed by atoms with van der Waals surface area (Å²) < 4.78 is 18.9. The van der Waals surface area contributed by atoms with E-state index < -0.39 is 11.5 Å². The molecule has 1 aromatic carbocycles. The lowest BCUT2D eigenvalue weighted by molar-refractivity contribution is -0.116. The number of aromatic amines is 1. The van der Waals surface area contributed by atoms with Crippen molar-refractivity contribution in [2.75, 3.05) is 0 Å². The molecule has 0 radical (unpaired) electrons. The second-order valence-electron chi connectivity index (χ2n) is 6.06. The normalized spacial score (nSPS) is 19.1. The van der Waals surface area contributed by atoms with E-state index in [1.54, 1.807) is 18.2 Å². The maximum Gasteiger partial charge on any atom is 0.259 e. The standard InChI is InChI=1S/C18H17FN6O2S/c1-2-12-7-8-13(27-12)9-14-17(26)21-18(28-14)20-15(16-22-24-25-23-16)10-3-5-11(19)6-4-10/h3-9,15,18,20H,2H2,1H3,(H,21,26)(H,22,23,24,25)/b14-9-/t15-,18?/m0/s1. The highest BCUT2D eigenvalue weighted by Gasteiger charge is 2.31. The number of rotatable bonds is 6. The van der Waals surface area contributed by atoms with Gasteiger partial charge in [0.15, 0.2) is 5.82 Å². The number of furan rings is 1. The van der Waals surface area contributed by atoms with Gasteiger partial charge in [-0.05, 0) is 29.8 Å². The number of nitrogens with one attached hydrogen (secondary N) is 3. The van der Waals surface area contributed by atoms with Crippen LogP contribution >= 0.6 is 11.8 Å². The quantitative estimate of drug-likeness (QED) is 0.545. The second kappa shape index (κ2) is 7.95. The highest BCUT2D eigenvalue weighted by molar-refractivity contribution is 8.05. The summed E-state index contributed by atoms with van der Waals surface area (Å²) in [6, 6.07) is 9.23. The molecule has 3 N–H and O–H groups in total. The Hall–Kier alpha value is -2.98. The van der Waals surface area contributed by atoms with Crippen molar-refractivity contribution in [1.82, 2.24) is 31.3 Å². The van der Waals surface area contributed by atoms with E-state index in [0.29, 0.717) is 16.5 Å². The number of carbonyl (C=O) groups excluding carboxylic acids is 1. The zero-order chi connectivity index (χ0) is 19.5. The van der Waals surface area contributed by atoms with Crippen molar-refractivity contribution in [3.63, 3.8) is 0 Å². The summed E-state index contributed by atoms with van der Waals surface area (Å²) in [5.74, 6) is 1.33. The summed E-state index contributed by atoms with van der Waals surface area (Å²) in [7, 11) is 0. The Balaban J connectivity index is 1.53. The van der Waals surface area contributed by atoms with Crippen LogP contribution in [0.4, 0.5) is 4.39 Å². The molecular weight excluding hydrogens is 383 g/mol. The van der Waals surface area contributed by atoms with Gasteiger partial charge in [-0.1, -0.05) is 36.0 Å². The molecule has 1 aliphatic heterocycles. The summed E-state index contributed by atoms with van der Waals surface area (Å²) in [6.45, 7) is 2.00. The summed E-state index contributed by atoms with van der Waals surface area (Å²) in [5.41, 5.74) is 0.321. The van der Waals surface area contributed by atoms with Crippen molar-refractivity contribution in [2.45, 2.75) is 24.9 Å². The number of halogens is 1. The Morgan fingerprint density at radius 2 is 2.14 bits per heavy atom. The number of hydrogen-bond acceptors (Lipinski definition) is 7. The number of thioether (sulfide) groups is 1. The molecule has 144 valence electrons. The van der Waals surface area contributed by atoms with Crippen LogP contribution in [-0.4, -0.2) is 32.0 Å². The number of H-pyrrole nitrogens is 1. The summed E-state index contributed by atoms with van der Waals surface area (Å²) in [4.78, 5) is 12.9. The van der Waals surface area contributed by atoms with Crippen molar-refractivity contribution in [2.24, 2.45) is 0 Å². The van der Waals surface area contributed by atoms with Gasteiger partial charge in [0.2, 0.25) is 0 Å². The van der Waals surface area contributed by atoms with Crippen LogP contribution in [0.2, 0.25) is 0 Å². The lowest BCUT2D eigenvalue weighted by Gasteiger charge is -2.19. The first-order chi connectivity index (χ1) is 13.6. The number of tetrazole rings is 1. The SMILES string of the molecule is CCc1ccc(/C=C2\SC(N[C@@H](c3ccc(F)cc3)c3nn[nH]n3)NC2=O)o1. The van der Waals surface area contributed by atoms with Gasteiger partial charge in [-0.15, -0.1) is 10.2 Å². The Labute approximate surface area is 164 Å². The van der Waals surface area contributed by atoms with Crippen LogP contribution in [0.5, 0.6) is 0 Å². The lowest BCUT2D eigenvalue weighted by atomic mass is 10.1. The smallest absolute Gasteiger partial charge is 0.259 e. The fourth-order valence-electron chi connectivity index (χ4n) is 2.78. The van der Waals surface area contributed by atoms with Crippen LogP contribution in [-0.2, 0) is 11.2 Å². The van der Waals surface area contributed by atoms with Crippen molar-refractivity contribution >= 4 is 23.7 Å². The van der Waals surface area contributed by atoms with E-state index in [2.05, 4.69) is 31.3 Å². The molecule has 0 saturated carbocycles. The number of hydrogen-bond donors (Lipinski definition) is 3. The fraction of sp³-hybridized carbons (Fsp3) is 0.222. The zero-order valence-electron chi connectivity index (χ0n) is 14.8. The molecule has 3 aromatic rings. The third-order valence-electron chi connectivity index (χ3n) is 4.18. The maximum absolute atomic E-state index is 13.3. The van der Waals surface area contributed by atoms with Crippen LogP contribution in [0.15, 0.2) is 45.7 Å². The molecule has 1 saturated heterocycles. The molecule has 28 heavy (non-hydrogen) atoms. The summed E-state index contributed by atoms with van der Waals surface area (Å²) >= 11 is 1.32. The highest BCUT2D eigenvalue weighted by Crippen LogP contribution is 2.31. The third kappa shape index (κ3) is 3.97. The van der Waals surface area contributed by atoms with Gasteiger partial charge < -0.3 is 9.73 Å². The van der Waals surface area contributed by atoms with Crippen LogP contribution in [0.3, 0.4) is 0 Å². The van der Waals surface area contributed by atoms with Gasteiger partial charge in [0.05, 0.1) is 10.9 Å². The van der Waals surface area contributed by atoms with Crippen molar-refractivity contribution < 1.29 is 13.6 Å². The third-order valence-corrected chi connectivity index (χ3v) is 5.22. The second-order valence-corrected chi connectivity index (χ2v) is 7.21. The molecule has 3 heterocycles. The van der Waals surface area contributed by atoms with E-state index >= 15 is 0 Å². The summed E-state index contributed by atoms with van der Waals surface area (Å²) in [6.07, 6.45) is 2.50. The largest absolute Gasteiger partial charge is 0.462 e. The molecule has 8 nitrogen and oxygen atoms in total. The van der Waals surface area contributed by atoms with E-state index in [9.17, 15) is 9.18 Å². The number of benzene rings is 1. The van der Waals surface area contributed by atoms with E-state index in [1.165, 1.54) is 23.9 Å². The number of amides is 1. The number of aryl methyl sites for hydroxylation is 1. The zero-order valence-corrected chi connectivity index (χ0v) is 15.7. The van der Waals surface area contributed by atoms with Gasteiger partial charge >= 0.3 is 0 Å². The fourth-order valence-corrected chi connectivity index (χ4v) is 3.76. The number of aromatic nitrogens is 4. The van der Waals surface area contributed by atoms with Crippen molar-refractivity contribution in [3.8, 4) is 0 Å². The molecule has 1 aliphatic rings. The first kappa shape index (κ1) is 18.4. The molecule has 1 amide bonds. The van der Waals surface area contributed by atoms with Crippen LogP contribution in [0, 0.1) is 5.82 Å². The first-order valence-corrected chi connectivity index (χ1v) is 9.53. The monoisotopic (exact) mass is 400 g/mol. The van der Waals surface area contributed by atoms with Gasteiger partial charge in [-0.3, -0.25) is 10.1 Å². The van der Waals surface area contributed by atoms with E-state index in [-0.39, 0.29) is 11.7 Å². The Morgan fingerprint density at radius 3 is 2.82 bits per heavy atom. The minimum Gasteiger partial charge on any atom is -0.462 e. The molecule has 0 bridgehead atoms. The van der Waals surface area contributed by atoms with Gasteiger partial charge in [0.25, 0.3) is 5.91 Å². The van der Waals surface area contributed by atoms with Crippen LogP contribution < -0.4 is 10.6 Å². The number of carbonyl (C=O) groups is 1. The van der Waals surface area contributed by atoms with Crippen molar-refractivity contribution in [1.29, 1.82) is 0 Å². The predicted molar refractivity (Wildman–Crippen MR) is 101 cm³/mol. The number of nitrogens with zero attached hydrogens (tertiary/aromatic N) is 3. The molecular formula is C18H17FN6O2S. The predicted octanol–water partition coefficient (Wildman–Crippen LogP) is 2.36.